The van der Waals surface area contributed by atoms with Crippen molar-refractivity contribution in [1.82, 2.24) is 8.75 Å². The zero-order chi connectivity index (χ0) is 23.8. The van der Waals surface area contributed by atoms with Crippen LogP contribution in [0.2, 0.25) is 0 Å². The molecular formula is C30H23N3S2. The second kappa shape index (κ2) is 9.10. The normalized spacial score (nSPS) is 11.1. The second-order valence-electron chi connectivity index (χ2n) is 8.65. The molecule has 3 nitrogen and oxygen atoms in total. The molecule has 5 heteroatoms. The first-order valence-electron chi connectivity index (χ1n) is 11.5. The van der Waals surface area contributed by atoms with Crippen LogP contribution in [0.1, 0.15) is 11.1 Å². The monoisotopic (exact) mass is 489 g/mol. The van der Waals surface area contributed by atoms with Gasteiger partial charge in [0, 0.05) is 32.4 Å². The van der Waals surface area contributed by atoms with Gasteiger partial charge in [0.05, 0.1) is 11.7 Å². The molecule has 0 amide bonds. The summed E-state index contributed by atoms with van der Waals surface area (Å²) in [6.07, 6.45) is 0. The van der Waals surface area contributed by atoms with E-state index in [1.54, 1.807) is 11.3 Å². The van der Waals surface area contributed by atoms with Gasteiger partial charge in [0.15, 0.2) is 0 Å². The third kappa shape index (κ3) is 4.25. The molecule has 35 heavy (non-hydrogen) atoms. The highest BCUT2D eigenvalue weighted by atomic mass is 32.1. The largest absolute Gasteiger partial charge is 0.311 e. The van der Waals surface area contributed by atoms with E-state index in [2.05, 4.69) is 125 Å². The number of hydrogen-bond donors (Lipinski definition) is 0. The van der Waals surface area contributed by atoms with Crippen LogP contribution in [0.15, 0.2) is 103 Å². The highest BCUT2D eigenvalue weighted by Crippen LogP contribution is 2.39. The minimum Gasteiger partial charge on any atom is -0.311 e. The van der Waals surface area contributed by atoms with Crippen LogP contribution in [-0.4, -0.2) is 8.75 Å². The molecule has 0 atom stereocenters. The Morgan fingerprint density at radius 3 is 1.77 bits per heavy atom. The topological polar surface area (TPSA) is 29.0 Å². The van der Waals surface area contributed by atoms with Gasteiger partial charge in [-0.15, -0.1) is 11.3 Å². The Labute approximate surface area is 213 Å². The highest BCUT2D eigenvalue weighted by molar-refractivity contribution is 7.19. The van der Waals surface area contributed by atoms with E-state index in [0.29, 0.717) is 0 Å². The third-order valence-corrected chi connectivity index (χ3v) is 7.86. The number of rotatable bonds is 5. The average molecular weight is 490 g/mol. The number of fused-ring (bicyclic) bond motifs is 1. The van der Waals surface area contributed by atoms with Gasteiger partial charge >= 0.3 is 0 Å². The summed E-state index contributed by atoms with van der Waals surface area (Å²) in [6, 6.07) is 36.8. The molecule has 0 aliphatic heterocycles. The number of anilines is 3. The lowest BCUT2D eigenvalue weighted by Crippen LogP contribution is -2.09. The van der Waals surface area contributed by atoms with Gasteiger partial charge in [-0.05, 0) is 74.0 Å². The zero-order valence-electron chi connectivity index (χ0n) is 19.5. The molecule has 170 valence electrons. The van der Waals surface area contributed by atoms with Gasteiger partial charge in [-0.3, -0.25) is 0 Å². The van der Waals surface area contributed by atoms with Crippen molar-refractivity contribution in [2.24, 2.45) is 0 Å². The van der Waals surface area contributed by atoms with Crippen molar-refractivity contribution >= 4 is 51.2 Å². The smallest absolute Gasteiger partial charge is 0.113 e. The lowest BCUT2D eigenvalue weighted by molar-refractivity contribution is 1.27. The first-order chi connectivity index (χ1) is 17.2. The van der Waals surface area contributed by atoms with E-state index in [9.17, 15) is 0 Å². The van der Waals surface area contributed by atoms with Gasteiger partial charge in [-0.25, -0.2) is 0 Å². The van der Waals surface area contributed by atoms with Crippen LogP contribution >= 0.6 is 23.1 Å². The Morgan fingerprint density at radius 1 is 0.571 bits per heavy atom. The minimum absolute atomic E-state index is 0.958. The lowest BCUT2D eigenvalue weighted by atomic mass is 10.1. The second-order valence-corrected chi connectivity index (χ2v) is 10.3. The number of thiophene rings is 1. The van der Waals surface area contributed by atoms with E-state index in [-0.39, 0.29) is 0 Å². The van der Waals surface area contributed by atoms with E-state index in [1.165, 1.54) is 38.2 Å². The number of hydrogen-bond acceptors (Lipinski definition) is 5. The van der Waals surface area contributed by atoms with Crippen molar-refractivity contribution in [3.63, 3.8) is 0 Å². The maximum atomic E-state index is 4.51. The molecular weight excluding hydrogens is 466 g/mol. The van der Waals surface area contributed by atoms with Gasteiger partial charge in [-0.2, -0.15) is 8.75 Å². The summed E-state index contributed by atoms with van der Waals surface area (Å²) < 4.78 is 8.89. The predicted molar refractivity (Wildman–Crippen MR) is 150 cm³/mol. The summed E-state index contributed by atoms with van der Waals surface area (Å²) in [7, 11) is 0. The van der Waals surface area contributed by atoms with E-state index in [0.717, 1.165) is 33.7 Å². The maximum Gasteiger partial charge on any atom is 0.113 e. The van der Waals surface area contributed by atoms with Crippen LogP contribution in [0.25, 0.3) is 31.9 Å². The lowest BCUT2D eigenvalue weighted by Gasteiger charge is -2.26. The number of benzene rings is 4. The van der Waals surface area contributed by atoms with E-state index in [1.807, 2.05) is 6.07 Å². The van der Waals surface area contributed by atoms with Crippen molar-refractivity contribution in [3.8, 4) is 20.9 Å². The Bertz CT molecular complexity index is 1550. The molecule has 6 rings (SSSR count). The summed E-state index contributed by atoms with van der Waals surface area (Å²) >= 11 is 3.06. The first kappa shape index (κ1) is 21.7. The fourth-order valence-electron chi connectivity index (χ4n) is 4.25. The van der Waals surface area contributed by atoms with Crippen molar-refractivity contribution < 1.29 is 0 Å². The molecule has 0 saturated heterocycles. The Balaban J connectivity index is 1.35. The fourth-order valence-corrected chi connectivity index (χ4v) is 5.84. The van der Waals surface area contributed by atoms with Crippen molar-refractivity contribution in [2.75, 3.05) is 4.90 Å². The SMILES string of the molecule is Cc1ccc(N(c2ccc(C)cc2)c2ccc(-c3ccc(-c4cccc5nsnc45)s3)cc2)cc1. The molecule has 4 aromatic carbocycles. The number of nitrogens with zero attached hydrogens (tertiary/aromatic N) is 3. The Kier molecular flexibility index (Phi) is 5.64. The van der Waals surface area contributed by atoms with E-state index < -0.39 is 0 Å². The highest BCUT2D eigenvalue weighted by Gasteiger charge is 2.14. The molecule has 0 radical (unpaired) electrons. The third-order valence-electron chi connectivity index (χ3n) is 6.15. The summed E-state index contributed by atoms with van der Waals surface area (Å²) in [5, 5.41) is 0. The summed E-state index contributed by atoms with van der Waals surface area (Å²) in [5.74, 6) is 0. The summed E-state index contributed by atoms with van der Waals surface area (Å²) in [5.41, 5.74) is 10.2. The zero-order valence-corrected chi connectivity index (χ0v) is 21.1. The Morgan fingerprint density at radius 2 is 1.14 bits per heavy atom. The quantitative estimate of drug-likeness (QED) is 0.242. The number of aromatic nitrogens is 2. The van der Waals surface area contributed by atoms with Crippen molar-refractivity contribution in [2.45, 2.75) is 13.8 Å². The molecule has 0 aliphatic rings. The maximum absolute atomic E-state index is 4.51. The first-order valence-corrected chi connectivity index (χ1v) is 13.1. The van der Waals surface area contributed by atoms with Gasteiger partial charge < -0.3 is 4.90 Å². The van der Waals surface area contributed by atoms with Gasteiger partial charge in [0.25, 0.3) is 0 Å². The predicted octanol–water partition coefficient (Wildman–Crippen LogP) is 9.17. The Hall–Kier alpha value is -3.80. The minimum atomic E-state index is 0.958. The van der Waals surface area contributed by atoms with Crippen LogP contribution in [-0.2, 0) is 0 Å². The van der Waals surface area contributed by atoms with Crippen LogP contribution < -0.4 is 4.90 Å². The molecule has 0 spiro atoms. The van der Waals surface area contributed by atoms with Crippen molar-refractivity contribution in [3.05, 3.63) is 114 Å². The molecule has 2 aromatic heterocycles. The van der Waals surface area contributed by atoms with Crippen molar-refractivity contribution in [1.29, 1.82) is 0 Å². The molecule has 0 fully saturated rings. The number of aryl methyl sites for hydroxylation is 2. The van der Waals surface area contributed by atoms with Gasteiger partial charge in [-0.1, -0.05) is 59.7 Å². The molecule has 0 bridgehead atoms. The summed E-state index contributed by atoms with van der Waals surface area (Å²) in [4.78, 5) is 4.76. The van der Waals surface area contributed by atoms with E-state index in [4.69, 9.17) is 0 Å². The van der Waals surface area contributed by atoms with Crippen LogP contribution in [0, 0.1) is 13.8 Å². The molecule has 2 heterocycles. The van der Waals surface area contributed by atoms with Gasteiger partial charge in [0.1, 0.15) is 11.0 Å². The van der Waals surface area contributed by atoms with Crippen LogP contribution in [0.4, 0.5) is 17.1 Å². The molecule has 0 saturated carbocycles. The molecule has 0 N–H and O–H groups in total. The fraction of sp³-hybridized carbons (Fsp3) is 0.0667. The van der Waals surface area contributed by atoms with Crippen LogP contribution in [0.5, 0.6) is 0 Å². The molecule has 6 aromatic rings. The van der Waals surface area contributed by atoms with E-state index >= 15 is 0 Å². The molecule has 0 unspecified atom stereocenters. The molecule has 0 aliphatic carbocycles. The van der Waals surface area contributed by atoms with Gasteiger partial charge in [0.2, 0.25) is 0 Å². The average Bonchev–Trinajstić information content (AvgIpc) is 3.57. The summed E-state index contributed by atoms with van der Waals surface area (Å²) in [6.45, 7) is 4.24. The standard InChI is InChI=1S/C30H23N3S2/c1-20-6-12-23(13-7-20)33(24-14-8-21(2)9-15-24)25-16-10-22(11-17-25)28-18-19-29(34-28)26-4-3-5-27-30(26)32-35-31-27/h3-19H,1-2H3. The van der Waals surface area contributed by atoms with Crippen LogP contribution in [0.3, 0.4) is 0 Å².